The first kappa shape index (κ1) is 28.4. The molecule has 4 aromatic rings. The Bertz CT molecular complexity index is 1380. The van der Waals surface area contributed by atoms with Crippen molar-refractivity contribution in [1.29, 1.82) is 0 Å². The number of rotatable bonds is 2. The van der Waals surface area contributed by atoms with Crippen LogP contribution < -0.4 is 4.74 Å². The summed E-state index contributed by atoms with van der Waals surface area (Å²) in [5, 5.41) is 22.3. The van der Waals surface area contributed by atoms with Crippen molar-refractivity contribution in [1.82, 2.24) is 15.2 Å². The molecule has 1 atom stereocenters. The number of alkyl halides is 6. The number of nitrogens with zero attached hydrogens (tertiary/aromatic N) is 2. The van der Waals surface area contributed by atoms with Crippen molar-refractivity contribution >= 4 is 33.5 Å². The monoisotopic (exact) mass is 561 g/mol. The summed E-state index contributed by atoms with van der Waals surface area (Å²) < 4.78 is 70.6. The maximum Gasteiger partial charge on any atom is 0.490 e. The molecule has 3 heterocycles. The van der Waals surface area contributed by atoms with E-state index < -0.39 is 24.3 Å². The fraction of sp³-hybridized carbons (Fsp3) is 0.217. The van der Waals surface area contributed by atoms with Crippen molar-refractivity contribution in [2.75, 3.05) is 6.61 Å². The maximum absolute atomic E-state index is 10.6. The fourth-order valence-electron chi connectivity index (χ4n) is 3.19. The van der Waals surface area contributed by atoms with Crippen LogP contribution in [0.5, 0.6) is 5.75 Å². The number of H-pyrrole nitrogens is 1. The van der Waals surface area contributed by atoms with Crippen molar-refractivity contribution in [3.63, 3.8) is 0 Å². The first-order chi connectivity index (χ1) is 17.8. The Morgan fingerprint density at radius 1 is 0.974 bits per heavy atom. The van der Waals surface area contributed by atoms with Crippen molar-refractivity contribution in [2.24, 2.45) is 0 Å². The number of benzene rings is 2. The van der Waals surface area contributed by atoms with Crippen LogP contribution in [0.2, 0.25) is 0 Å². The highest BCUT2D eigenvalue weighted by Gasteiger charge is 2.38. The Hall–Kier alpha value is -4.14. The Morgan fingerprint density at radius 2 is 1.61 bits per heavy atom. The molecule has 0 amide bonds. The number of hydrogen-bond acceptors (Lipinski definition) is 6. The van der Waals surface area contributed by atoms with Gasteiger partial charge >= 0.3 is 24.3 Å². The normalized spacial score (nSPS) is 14.7. The molecule has 1 aliphatic heterocycles. The number of halogens is 6. The molecule has 15 heteroatoms. The quantitative estimate of drug-likeness (QED) is 0.269. The van der Waals surface area contributed by atoms with Crippen LogP contribution in [-0.2, 0) is 16.0 Å². The highest BCUT2D eigenvalue weighted by Crippen LogP contribution is 2.36. The molecular formula is C23H17F6N3O5S. The molecule has 2 aromatic heterocycles. The zero-order chi connectivity index (χ0) is 28.1. The number of carbonyl (C=O) groups is 2. The molecule has 0 fully saturated rings. The highest BCUT2D eigenvalue weighted by molar-refractivity contribution is 7.18. The minimum Gasteiger partial charge on any atom is -0.493 e. The molecule has 38 heavy (non-hydrogen) atoms. The second-order valence-electron chi connectivity index (χ2n) is 7.65. The molecule has 1 aliphatic rings. The predicted octanol–water partition coefficient (Wildman–Crippen LogP) is 5.67. The second kappa shape index (κ2) is 11.5. The van der Waals surface area contributed by atoms with Gasteiger partial charge in [0.05, 0.1) is 23.0 Å². The standard InChI is InChI=1S/C19H15N3OS.2C2HF3O2/c1-2-4-17-13(3-1)7-14(11-23-17)19-22-16-6-5-12(8-18(16)24-19)15-9-20-21-10-15;2*3-2(4,5)1(6)7/h1-6,8-10,14H,7,11H2,(H,20,21);2*(H,6,7). The summed E-state index contributed by atoms with van der Waals surface area (Å²) >= 11 is 1.77. The van der Waals surface area contributed by atoms with Crippen molar-refractivity contribution in [2.45, 2.75) is 24.7 Å². The SMILES string of the molecule is O=C(O)C(F)(F)F.O=C(O)C(F)(F)F.c1ccc2c(c1)CC(c1nc3ccc(-c4cn[nH]c4)cc3s1)CO2. The number of para-hydroxylation sites is 1. The average molecular weight is 561 g/mol. The van der Waals surface area contributed by atoms with E-state index in [1.807, 2.05) is 24.5 Å². The van der Waals surface area contributed by atoms with E-state index in [0.29, 0.717) is 12.5 Å². The first-order valence-electron chi connectivity index (χ1n) is 10.5. The van der Waals surface area contributed by atoms with Gasteiger partial charge in [0.25, 0.3) is 0 Å². The lowest BCUT2D eigenvalue weighted by atomic mass is 9.97. The van der Waals surface area contributed by atoms with Gasteiger partial charge in [0, 0.05) is 17.7 Å². The lowest BCUT2D eigenvalue weighted by molar-refractivity contribution is -0.193. The smallest absolute Gasteiger partial charge is 0.490 e. The third-order valence-corrected chi connectivity index (χ3v) is 6.13. The van der Waals surface area contributed by atoms with Crippen LogP contribution in [0.15, 0.2) is 54.9 Å². The van der Waals surface area contributed by atoms with E-state index in [4.69, 9.17) is 29.5 Å². The van der Waals surface area contributed by atoms with E-state index >= 15 is 0 Å². The number of carboxylic acids is 2. The van der Waals surface area contributed by atoms with Crippen LogP contribution in [0, 0.1) is 0 Å². The van der Waals surface area contributed by atoms with Crippen LogP contribution in [0.25, 0.3) is 21.3 Å². The van der Waals surface area contributed by atoms with Crippen LogP contribution in [0.4, 0.5) is 26.3 Å². The van der Waals surface area contributed by atoms with Gasteiger partial charge < -0.3 is 14.9 Å². The predicted molar refractivity (Wildman–Crippen MR) is 123 cm³/mol. The molecule has 2 aromatic carbocycles. The first-order valence-corrected chi connectivity index (χ1v) is 11.3. The Kier molecular flexibility index (Phi) is 8.60. The van der Waals surface area contributed by atoms with Gasteiger partial charge in [-0.15, -0.1) is 11.3 Å². The number of aromatic amines is 1. The minimum absolute atomic E-state index is 0.328. The number of ether oxygens (including phenoxy) is 1. The van der Waals surface area contributed by atoms with Crippen LogP contribution in [0.3, 0.4) is 0 Å². The minimum atomic E-state index is -5.08. The largest absolute Gasteiger partial charge is 0.493 e. The summed E-state index contributed by atoms with van der Waals surface area (Å²) in [4.78, 5) is 22.6. The number of hydrogen-bond donors (Lipinski definition) is 3. The van der Waals surface area contributed by atoms with E-state index in [0.717, 1.165) is 33.8 Å². The second-order valence-corrected chi connectivity index (χ2v) is 8.71. The van der Waals surface area contributed by atoms with Gasteiger partial charge in [-0.25, -0.2) is 14.6 Å². The molecule has 0 saturated carbocycles. The number of aliphatic carboxylic acids is 2. The third-order valence-electron chi connectivity index (χ3n) is 4.95. The molecule has 0 spiro atoms. The lowest BCUT2D eigenvalue weighted by Crippen LogP contribution is -2.21. The van der Waals surface area contributed by atoms with Gasteiger partial charge in [0.15, 0.2) is 0 Å². The number of nitrogens with one attached hydrogen (secondary N) is 1. The van der Waals surface area contributed by atoms with Crippen molar-refractivity contribution < 1.29 is 50.9 Å². The van der Waals surface area contributed by atoms with E-state index in [2.05, 4.69) is 40.5 Å². The summed E-state index contributed by atoms with van der Waals surface area (Å²) in [7, 11) is 0. The summed E-state index contributed by atoms with van der Waals surface area (Å²) in [6, 6.07) is 14.7. The molecule has 1 unspecified atom stereocenters. The number of carboxylic acid groups (broad SMARTS) is 2. The summed E-state index contributed by atoms with van der Waals surface area (Å²) in [6.07, 6.45) is -5.42. The van der Waals surface area contributed by atoms with Gasteiger partial charge in [-0.05, 0) is 35.7 Å². The third kappa shape index (κ3) is 7.44. The van der Waals surface area contributed by atoms with Crippen LogP contribution in [-0.4, -0.2) is 56.3 Å². The van der Waals surface area contributed by atoms with Gasteiger partial charge in [0.1, 0.15) is 10.8 Å². The average Bonchev–Trinajstić information content (AvgIpc) is 3.53. The van der Waals surface area contributed by atoms with Crippen molar-refractivity contribution in [3.05, 3.63) is 65.4 Å². The molecule has 8 nitrogen and oxygen atoms in total. The summed E-state index contributed by atoms with van der Waals surface area (Å²) in [5.74, 6) is -4.17. The van der Waals surface area contributed by atoms with Crippen LogP contribution in [0.1, 0.15) is 16.5 Å². The molecular weight excluding hydrogens is 544 g/mol. The number of fused-ring (bicyclic) bond motifs is 2. The topological polar surface area (TPSA) is 125 Å². The van der Waals surface area contributed by atoms with Gasteiger partial charge in [-0.2, -0.15) is 31.4 Å². The van der Waals surface area contributed by atoms with E-state index in [1.165, 1.54) is 10.3 Å². The van der Waals surface area contributed by atoms with Gasteiger partial charge in [-0.3, -0.25) is 5.10 Å². The Morgan fingerprint density at radius 3 is 2.18 bits per heavy atom. The zero-order valence-electron chi connectivity index (χ0n) is 18.9. The maximum atomic E-state index is 10.6. The van der Waals surface area contributed by atoms with Gasteiger partial charge in [0.2, 0.25) is 0 Å². The van der Waals surface area contributed by atoms with Crippen LogP contribution >= 0.6 is 11.3 Å². The molecule has 0 bridgehead atoms. The summed E-state index contributed by atoms with van der Waals surface area (Å²) in [6.45, 7) is 0.700. The molecule has 0 radical (unpaired) electrons. The lowest BCUT2D eigenvalue weighted by Gasteiger charge is -2.23. The van der Waals surface area contributed by atoms with E-state index in [9.17, 15) is 26.3 Å². The van der Waals surface area contributed by atoms with E-state index in [1.54, 1.807) is 11.3 Å². The Labute approximate surface area is 213 Å². The summed E-state index contributed by atoms with van der Waals surface area (Å²) in [5.41, 5.74) is 4.59. The van der Waals surface area contributed by atoms with E-state index in [-0.39, 0.29) is 0 Å². The highest BCUT2D eigenvalue weighted by atomic mass is 32.1. The zero-order valence-corrected chi connectivity index (χ0v) is 19.7. The molecule has 3 N–H and O–H groups in total. The van der Waals surface area contributed by atoms with Gasteiger partial charge in [-0.1, -0.05) is 24.3 Å². The van der Waals surface area contributed by atoms with Crippen molar-refractivity contribution in [3.8, 4) is 16.9 Å². The molecule has 202 valence electrons. The Balaban J connectivity index is 0.000000239. The molecule has 0 saturated heterocycles. The number of aromatic nitrogens is 3. The molecule has 0 aliphatic carbocycles. The molecule has 5 rings (SSSR count). The fourth-order valence-corrected chi connectivity index (χ4v) is 4.28. The number of thiazole rings is 1.